The van der Waals surface area contributed by atoms with Gasteiger partial charge in [-0.25, -0.2) is 0 Å². The minimum atomic E-state index is -0.539. The van der Waals surface area contributed by atoms with Crippen molar-refractivity contribution in [3.8, 4) is 0 Å². The van der Waals surface area contributed by atoms with Crippen LogP contribution in [-0.2, 0) is 16.1 Å². The van der Waals surface area contributed by atoms with Crippen LogP contribution < -0.4 is 5.32 Å². The highest BCUT2D eigenvalue weighted by molar-refractivity contribution is 7.00. The van der Waals surface area contributed by atoms with Crippen LogP contribution in [0.5, 0.6) is 0 Å². The van der Waals surface area contributed by atoms with Gasteiger partial charge in [-0.3, -0.25) is 4.79 Å². The summed E-state index contributed by atoms with van der Waals surface area (Å²) in [6.45, 7) is 4.56. The van der Waals surface area contributed by atoms with Gasteiger partial charge in [0.05, 0.1) is 23.8 Å². The molecule has 0 bridgehead atoms. The van der Waals surface area contributed by atoms with Crippen molar-refractivity contribution >= 4 is 28.7 Å². The minimum absolute atomic E-state index is 0.0328. The highest BCUT2D eigenvalue weighted by Crippen LogP contribution is 2.18. The number of hydrogen-bond donors (Lipinski definition) is 1. The average molecular weight is 279 g/mol. The number of nitrogens with one attached hydrogen (secondary N) is 1. The predicted octanol–water partition coefficient (Wildman–Crippen LogP) is 1.98. The summed E-state index contributed by atoms with van der Waals surface area (Å²) in [5, 5.41) is 2.92. The highest BCUT2D eigenvalue weighted by atomic mass is 32.1. The fourth-order valence-corrected chi connectivity index (χ4v) is 2.41. The maximum atomic E-state index is 12.1. The third-order valence-electron chi connectivity index (χ3n) is 2.93. The Morgan fingerprint density at radius 1 is 1.42 bits per heavy atom. The van der Waals surface area contributed by atoms with Gasteiger partial charge in [0.25, 0.3) is 0 Å². The number of carbonyl (C=O) groups is 1. The summed E-state index contributed by atoms with van der Waals surface area (Å²) in [5.41, 5.74) is 2.17. The molecule has 2 rings (SSSR count). The molecule has 6 heteroatoms. The number of amides is 1. The van der Waals surface area contributed by atoms with Crippen LogP contribution in [0.15, 0.2) is 18.2 Å². The molecule has 0 spiro atoms. The van der Waals surface area contributed by atoms with Crippen LogP contribution in [0.1, 0.15) is 19.4 Å². The van der Waals surface area contributed by atoms with E-state index in [1.165, 1.54) is 11.7 Å². The van der Waals surface area contributed by atoms with E-state index in [0.29, 0.717) is 13.2 Å². The van der Waals surface area contributed by atoms with Crippen LogP contribution in [0.3, 0.4) is 0 Å². The van der Waals surface area contributed by atoms with Crippen molar-refractivity contribution in [1.82, 2.24) is 14.1 Å². The summed E-state index contributed by atoms with van der Waals surface area (Å²) in [6, 6.07) is 5.79. The molecule has 1 amide bonds. The Bertz CT molecular complexity index is 580. The Hall–Kier alpha value is -1.53. The van der Waals surface area contributed by atoms with E-state index in [9.17, 15) is 4.79 Å². The molecule has 0 atom stereocenters. The summed E-state index contributed by atoms with van der Waals surface area (Å²) >= 11 is 1.18. The normalized spacial score (nSPS) is 11.7. The second-order valence-electron chi connectivity index (χ2n) is 5.05. The lowest BCUT2D eigenvalue weighted by Crippen LogP contribution is -2.39. The van der Waals surface area contributed by atoms with E-state index in [2.05, 4.69) is 14.1 Å². The second kappa shape index (κ2) is 5.63. The first-order valence-electron chi connectivity index (χ1n) is 6.02. The molecule has 102 valence electrons. The molecule has 0 saturated heterocycles. The third kappa shape index (κ3) is 3.08. The van der Waals surface area contributed by atoms with Crippen LogP contribution in [0.25, 0.3) is 11.0 Å². The molecule has 2 aromatic rings. The molecule has 1 aromatic carbocycles. The number of methoxy groups -OCH3 is 1. The van der Waals surface area contributed by atoms with Gasteiger partial charge in [0.1, 0.15) is 11.0 Å². The van der Waals surface area contributed by atoms with Crippen molar-refractivity contribution in [1.29, 1.82) is 0 Å². The van der Waals surface area contributed by atoms with Crippen LogP contribution in [0.2, 0.25) is 0 Å². The number of benzene rings is 1. The lowest BCUT2D eigenvalue weighted by atomic mass is 9.93. The van der Waals surface area contributed by atoms with Crippen molar-refractivity contribution in [2.75, 3.05) is 13.7 Å². The molecule has 0 aliphatic rings. The maximum absolute atomic E-state index is 12.1. The van der Waals surface area contributed by atoms with E-state index in [1.807, 2.05) is 32.0 Å². The molecule has 0 radical (unpaired) electrons. The number of rotatable bonds is 5. The lowest BCUT2D eigenvalue weighted by Gasteiger charge is -2.22. The van der Waals surface area contributed by atoms with Crippen LogP contribution in [0, 0.1) is 5.41 Å². The third-order valence-corrected chi connectivity index (χ3v) is 3.47. The largest absolute Gasteiger partial charge is 0.384 e. The van der Waals surface area contributed by atoms with Crippen LogP contribution in [-0.4, -0.2) is 28.4 Å². The van der Waals surface area contributed by atoms with Gasteiger partial charge in [-0.05, 0) is 19.9 Å². The number of aromatic nitrogens is 2. The minimum Gasteiger partial charge on any atom is -0.384 e. The SMILES string of the molecule is COCC(C)(C)C(=O)NCc1cccc2nsnc12. The number of fused-ring (bicyclic) bond motifs is 1. The monoisotopic (exact) mass is 279 g/mol. The lowest BCUT2D eigenvalue weighted by molar-refractivity contribution is -0.132. The molecular weight excluding hydrogens is 262 g/mol. The molecule has 0 aliphatic carbocycles. The molecule has 0 fully saturated rings. The maximum Gasteiger partial charge on any atom is 0.228 e. The smallest absolute Gasteiger partial charge is 0.228 e. The van der Waals surface area contributed by atoms with E-state index in [0.717, 1.165) is 16.6 Å². The van der Waals surface area contributed by atoms with Gasteiger partial charge in [-0.15, -0.1) is 0 Å². The zero-order valence-electron chi connectivity index (χ0n) is 11.3. The predicted molar refractivity (Wildman–Crippen MR) is 74.9 cm³/mol. The first kappa shape index (κ1) is 13.9. The first-order valence-corrected chi connectivity index (χ1v) is 6.75. The Morgan fingerprint density at radius 2 is 2.21 bits per heavy atom. The summed E-state index contributed by atoms with van der Waals surface area (Å²) < 4.78 is 13.5. The van der Waals surface area contributed by atoms with Gasteiger partial charge in [-0.1, -0.05) is 12.1 Å². The molecule has 1 aromatic heterocycles. The van der Waals surface area contributed by atoms with Crippen molar-refractivity contribution in [3.63, 3.8) is 0 Å². The molecule has 0 aliphatic heterocycles. The van der Waals surface area contributed by atoms with Crippen LogP contribution >= 0.6 is 11.7 Å². The number of nitrogens with zero attached hydrogens (tertiary/aromatic N) is 2. The van der Waals surface area contributed by atoms with Crippen molar-refractivity contribution in [3.05, 3.63) is 23.8 Å². The zero-order chi connectivity index (χ0) is 13.9. The Balaban J connectivity index is 2.07. The van der Waals surface area contributed by atoms with Crippen molar-refractivity contribution < 1.29 is 9.53 Å². The fraction of sp³-hybridized carbons (Fsp3) is 0.462. The van der Waals surface area contributed by atoms with E-state index in [-0.39, 0.29) is 5.91 Å². The molecule has 0 saturated carbocycles. The van der Waals surface area contributed by atoms with Gasteiger partial charge in [0.15, 0.2) is 0 Å². The van der Waals surface area contributed by atoms with Crippen LogP contribution in [0.4, 0.5) is 0 Å². The van der Waals surface area contributed by atoms with Gasteiger partial charge in [-0.2, -0.15) is 8.75 Å². The molecule has 1 heterocycles. The van der Waals surface area contributed by atoms with E-state index in [4.69, 9.17) is 4.74 Å². The Kier molecular flexibility index (Phi) is 4.11. The Morgan fingerprint density at radius 3 is 2.95 bits per heavy atom. The second-order valence-corrected chi connectivity index (χ2v) is 5.58. The first-order chi connectivity index (χ1) is 9.04. The zero-order valence-corrected chi connectivity index (χ0v) is 12.1. The van der Waals surface area contributed by atoms with E-state index in [1.54, 1.807) is 7.11 Å². The van der Waals surface area contributed by atoms with Crippen molar-refractivity contribution in [2.45, 2.75) is 20.4 Å². The molecule has 1 N–H and O–H groups in total. The fourth-order valence-electron chi connectivity index (χ4n) is 1.85. The van der Waals surface area contributed by atoms with Gasteiger partial charge in [0.2, 0.25) is 5.91 Å². The molecule has 19 heavy (non-hydrogen) atoms. The quantitative estimate of drug-likeness (QED) is 0.909. The Labute approximate surface area is 116 Å². The highest BCUT2D eigenvalue weighted by Gasteiger charge is 2.27. The summed E-state index contributed by atoms with van der Waals surface area (Å²) in [4.78, 5) is 12.1. The molecule has 5 nitrogen and oxygen atoms in total. The number of ether oxygens (including phenoxy) is 1. The molecule has 0 unspecified atom stereocenters. The number of hydrogen-bond acceptors (Lipinski definition) is 5. The number of carbonyl (C=O) groups excluding carboxylic acids is 1. The molecular formula is C13H17N3O2S. The van der Waals surface area contributed by atoms with Gasteiger partial charge >= 0.3 is 0 Å². The average Bonchev–Trinajstić information content (AvgIpc) is 2.84. The summed E-state index contributed by atoms with van der Waals surface area (Å²) in [6.07, 6.45) is 0. The topological polar surface area (TPSA) is 64.1 Å². The van der Waals surface area contributed by atoms with Crippen molar-refractivity contribution in [2.24, 2.45) is 5.41 Å². The van der Waals surface area contributed by atoms with Gasteiger partial charge < -0.3 is 10.1 Å². The van der Waals surface area contributed by atoms with E-state index < -0.39 is 5.41 Å². The summed E-state index contributed by atoms with van der Waals surface area (Å²) in [7, 11) is 1.59. The summed E-state index contributed by atoms with van der Waals surface area (Å²) in [5.74, 6) is -0.0328. The van der Waals surface area contributed by atoms with Gasteiger partial charge in [0, 0.05) is 19.2 Å². The van der Waals surface area contributed by atoms with E-state index >= 15 is 0 Å². The standard InChI is InChI=1S/C13H17N3O2S/c1-13(2,8-18-3)12(17)14-7-9-5-4-6-10-11(9)16-19-15-10/h4-6H,7-8H2,1-3H3,(H,14,17).